The monoisotopic (exact) mass is 267 g/mol. The Balaban J connectivity index is 2.28. The highest BCUT2D eigenvalue weighted by atomic mass is 16.5. The first-order valence-corrected chi connectivity index (χ1v) is 6.07. The van der Waals surface area contributed by atoms with Gasteiger partial charge in [-0.25, -0.2) is 4.79 Å². The van der Waals surface area contributed by atoms with Gasteiger partial charge in [-0.2, -0.15) is 5.26 Å². The molecule has 0 saturated carbocycles. The number of carboxylic acids is 1. The number of para-hydroxylation sites is 1. The van der Waals surface area contributed by atoms with Crippen molar-refractivity contribution in [1.82, 2.24) is 0 Å². The predicted molar refractivity (Wildman–Crippen MR) is 73.6 cm³/mol. The molecule has 0 spiro atoms. The van der Waals surface area contributed by atoms with Crippen LogP contribution in [0.4, 0.5) is 0 Å². The molecule has 0 fully saturated rings. The summed E-state index contributed by atoms with van der Waals surface area (Å²) in [5, 5.41) is 18.2. The van der Waals surface area contributed by atoms with E-state index in [1.807, 2.05) is 6.07 Å². The smallest absolute Gasteiger partial charge is 0.339 e. The number of rotatable bonds is 4. The van der Waals surface area contributed by atoms with Crippen molar-refractivity contribution in [3.05, 3.63) is 64.7 Å². The summed E-state index contributed by atoms with van der Waals surface area (Å²) in [4.78, 5) is 11.2. The van der Waals surface area contributed by atoms with Crippen molar-refractivity contribution in [3.63, 3.8) is 0 Å². The number of carboxylic acid groups (broad SMARTS) is 1. The summed E-state index contributed by atoms with van der Waals surface area (Å²) in [5.74, 6) is -0.690. The van der Waals surface area contributed by atoms with E-state index < -0.39 is 5.97 Å². The van der Waals surface area contributed by atoms with E-state index in [0.29, 0.717) is 11.3 Å². The Morgan fingerprint density at radius 3 is 2.70 bits per heavy atom. The molecule has 0 heterocycles. The summed E-state index contributed by atoms with van der Waals surface area (Å²) in [6.45, 7) is 1.95. The lowest BCUT2D eigenvalue weighted by Gasteiger charge is -2.12. The molecule has 0 aliphatic carbocycles. The lowest BCUT2D eigenvalue weighted by molar-refractivity contribution is 0.0691. The van der Waals surface area contributed by atoms with Gasteiger partial charge in [-0.15, -0.1) is 0 Å². The molecule has 0 bridgehead atoms. The molecule has 0 aromatic heterocycles. The molecular weight excluding hydrogens is 254 g/mol. The molecule has 1 N–H and O–H groups in total. The van der Waals surface area contributed by atoms with Crippen LogP contribution < -0.4 is 4.74 Å². The molecular formula is C16H13NO3. The fourth-order valence-electron chi connectivity index (χ4n) is 1.92. The Kier molecular flexibility index (Phi) is 4.02. The van der Waals surface area contributed by atoms with Gasteiger partial charge in [0, 0.05) is 5.56 Å². The van der Waals surface area contributed by atoms with Crippen LogP contribution in [0.5, 0.6) is 5.75 Å². The molecule has 100 valence electrons. The highest BCUT2D eigenvalue weighted by Gasteiger charge is 2.13. The number of carbonyl (C=O) groups is 1. The highest BCUT2D eigenvalue weighted by Crippen LogP contribution is 2.25. The van der Waals surface area contributed by atoms with Gasteiger partial charge in [-0.3, -0.25) is 0 Å². The van der Waals surface area contributed by atoms with Crippen LogP contribution in [0.3, 0.4) is 0 Å². The van der Waals surface area contributed by atoms with Crippen molar-refractivity contribution in [1.29, 1.82) is 5.26 Å². The molecule has 2 aromatic rings. The summed E-state index contributed by atoms with van der Waals surface area (Å²) in [5.41, 5.74) is 2.13. The van der Waals surface area contributed by atoms with Gasteiger partial charge in [-0.1, -0.05) is 30.3 Å². The molecule has 2 aromatic carbocycles. The zero-order valence-corrected chi connectivity index (χ0v) is 11.0. The summed E-state index contributed by atoms with van der Waals surface area (Å²) in [6.07, 6.45) is 0. The third-order valence-electron chi connectivity index (χ3n) is 2.95. The van der Waals surface area contributed by atoms with Crippen LogP contribution in [0.2, 0.25) is 0 Å². The molecule has 0 amide bonds. The minimum absolute atomic E-state index is 0.124. The first-order chi connectivity index (χ1) is 9.63. The van der Waals surface area contributed by atoms with Crippen molar-refractivity contribution in [3.8, 4) is 11.8 Å². The molecule has 0 aliphatic rings. The second-order valence-corrected chi connectivity index (χ2v) is 4.31. The van der Waals surface area contributed by atoms with Crippen LogP contribution in [0, 0.1) is 18.3 Å². The maximum Gasteiger partial charge on any atom is 0.339 e. The number of benzene rings is 2. The fraction of sp³-hybridized carbons (Fsp3) is 0.125. The van der Waals surface area contributed by atoms with Crippen molar-refractivity contribution in [2.75, 3.05) is 0 Å². The van der Waals surface area contributed by atoms with E-state index in [1.165, 1.54) is 6.07 Å². The molecule has 4 nitrogen and oxygen atoms in total. The predicted octanol–water partition coefficient (Wildman–Crippen LogP) is 3.14. The normalized spacial score (nSPS) is 9.80. The van der Waals surface area contributed by atoms with E-state index in [0.717, 1.165) is 11.1 Å². The van der Waals surface area contributed by atoms with Gasteiger partial charge in [0.25, 0.3) is 0 Å². The summed E-state index contributed by atoms with van der Waals surface area (Å²) < 4.78 is 5.63. The zero-order chi connectivity index (χ0) is 14.5. The highest BCUT2D eigenvalue weighted by molar-refractivity contribution is 5.91. The van der Waals surface area contributed by atoms with Crippen LogP contribution in [0.1, 0.15) is 27.0 Å². The Hall–Kier alpha value is -2.80. The van der Waals surface area contributed by atoms with E-state index >= 15 is 0 Å². The second-order valence-electron chi connectivity index (χ2n) is 4.31. The van der Waals surface area contributed by atoms with E-state index in [4.69, 9.17) is 15.1 Å². The Morgan fingerprint density at radius 1 is 1.25 bits per heavy atom. The number of nitriles is 1. The van der Waals surface area contributed by atoms with Crippen LogP contribution in [0.15, 0.2) is 42.5 Å². The third-order valence-corrected chi connectivity index (χ3v) is 2.95. The molecule has 0 atom stereocenters. The van der Waals surface area contributed by atoms with Crippen molar-refractivity contribution in [2.24, 2.45) is 0 Å². The fourth-order valence-corrected chi connectivity index (χ4v) is 1.92. The molecule has 4 heteroatoms. The molecule has 0 saturated heterocycles. The number of aryl methyl sites for hydroxylation is 1. The summed E-state index contributed by atoms with van der Waals surface area (Å²) in [6, 6.07) is 14.1. The van der Waals surface area contributed by atoms with Gasteiger partial charge in [0.15, 0.2) is 0 Å². The van der Waals surface area contributed by atoms with Gasteiger partial charge >= 0.3 is 5.97 Å². The average Bonchev–Trinajstić information content (AvgIpc) is 2.46. The lowest BCUT2D eigenvalue weighted by Crippen LogP contribution is -2.05. The maximum atomic E-state index is 11.2. The van der Waals surface area contributed by atoms with Crippen molar-refractivity contribution < 1.29 is 14.6 Å². The van der Waals surface area contributed by atoms with E-state index in [-0.39, 0.29) is 12.2 Å². The topological polar surface area (TPSA) is 70.3 Å². The lowest BCUT2D eigenvalue weighted by atomic mass is 10.1. The van der Waals surface area contributed by atoms with Gasteiger partial charge in [0.05, 0.1) is 11.6 Å². The van der Waals surface area contributed by atoms with Crippen LogP contribution in [0.25, 0.3) is 0 Å². The summed E-state index contributed by atoms with van der Waals surface area (Å²) >= 11 is 0. The van der Waals surface area contributed by atoms with E-state index in [2.05, 4.69) is 6.07 Å². The Morgan fingerprint density at radius 2 is 2.00 bits per heavy atom. The quantitative estimate of drug-likeness (QED) is 0.923. The third kappa shape index (κ3) is 2.78. The van der Waals surface area contributed by atoms with Gasteiger partial charge < -0.3 is 9.84 Å². The van der Waals surface area contributed by atoms with Crippen LogP contribution in [-0.4, -0.2) is 11.1 Å². The van der Waals surface area contributed by atoms with Crippen LogP contribution in [-0.2, 0) is 6.61 Å². The van der Waals surface area contributed by atoms with Gasteiger partial charge in [0.1, 0.15) is 17.9 Å². The number of ether oxygens (including phenoxy) is 1. The standard InChI is InChI=1S/C16H13NO3/c1-11-5-4-8-14(16(18)19)15(11)20-10-13-7-3-2-6-12(13)9-17/h2-8H,10H2,1H3,(H,18,19). The number of hydrogen-bond acceptors (Lipinski definition) is 3. The van der Waals surface area contributed by atoms with Crippen molar-refractivity contribution in [2.45, 2.75) is 13.5 Å². The first kappa shape index (κ1) is 13.6. The van der Waals surface area contributed by atoms with Gasteiger partial charge in [0.2, 0.25) is 0 Å². The SMILES string of the molecule is Cc1cccc(C(=O)O)c1OCc1ccccc1C#N. The number of hydrogen-bond donors (Lipinski definition) is 1. The van der Waals surface area contributed by atoms with E-state index in [1.54, 1.807) is 37.3 Å². The molecule has 0 aliphatic heterocycles. The second kappa shape index (κ2) is 5.89. The molecule has 20 heavy (non-hydrogen) atoms. The van der Waals surface area contributed by atoms with Crippen molar-refractivity contribution >= 4 is 5.97 Å². The van der Waals surface area contributed by atoms with Crippen LogP contribution >= 0.6 is 0 Å². The minimum atomic E-state index is -1.03. The largest absolute Gasteiger partial charge is 0.488 e. The first-order valence-electron chi connectivity index (χ1n) is 6.07. The summed E-state index contributed by atoms with van der Waals surface area (Å²) in [7, 11) is 0. The van der Waals surface area contributed by atoms with Gasteiger partial charge in [-0.05, 0) is 24.6 Å². The Bertz CT molecular complexity index is 686. The minimum Gasteiger partial charge on any atom is -0.488 e. The molecule has 0 unspecified atom stereocenters. The number of nitrogens with zero attached hydrogens (tertiary/aromatic N) is 1. The molecule has 0 radical (unpaired) electrons. The molecule has 2 rings (SSSR count). The Labute approximate surface area is 116 Å². The maximum absolute atomic E-state index is 11.2. The zero-order valence-electron chi connectivity index (χ0n) is 11.0. The average molecular weight is 267 g/mol. The number of aromatic carboxylic acids is 1. The van der Waals surface area contributed by atoms with E-state index in [9.17, 15) is 4.79 Å².